The Morgan fingerprint density at radius 1 is 0.857 bits per heavy atom. The number of phenolic OH excluding ortho intramolecular Hbond substituents is 3. The van der Waals surface area contributed by atoms with Gasteiger partial charge in [-0.15, -0.1) is 0 Å². The molecule has 0 bridgehead atoms. The summed E-state index contributed by atoms with van der Waals surface area (Å²) in [6, 6.07) is 9.74. The molecule has 0 saturated carbocycles. The van der Waals surface area contributed by atoms with Crippen molar-refractivity contribution in [2.45, 2.75) is 0 Å². The molecule has 111 valence electrons. The van der Waals surface area contributed by atoms with E-state index in [1.165, 1.54) is 24.3 Å². The number of aromatic hydroxyl groups is 3. The van der Waals surface area contributed by atoms with Gasteiger partial charge in [-0.25, -0.2) is 0 Å². The second kappa shape index (κ2) is 5.52. The molecule has 0 aliphatic rings. The Kier molecular flexibility index (Phi) is 3.93. The van der Waals surface area contributed by atoms with E-state index in [1.54, 1.807) is 12.1 Å². The van der Waals surface area contributed by atoms with Crippen LogP contribution in [0.15, 0.2) is 51.7 Å². The average Bonchev–Trinajstić information content (AvgIpc) is 2.38. The van der Waals surface area contributed by atoms with E-state index in [4.69, 9.17) is 4.42 Å². The van der Waals surface area contributed by atoms with Gasteiger partial charge in [0.2, 0.25) is 0 Å². The zero-order chi connectivity index (χ0) is 14.3. The van der Waals surface area contributed by atoms with Crippen molar-refractivity contribution in [1.29, 1.82) is 0 Å². The summed E-state index contributed by atoms with van der Waals surface area (Å²) in [6.07, 6.45) is 0. The van der Waals surface area contributed by atoms with Crippen LogP contribution in [0.4, 0.5) is 0 Å². The van der Waals surface area contributed by atoms with E-state index in [0.717, 1.165) is 6.07 Å². The standard InChI is InChI=1S/C15H10O5.Cu/c16-9-3-1-8(2-4-9)13-7-12(19)15-11(18)5-10(17)6-14(15)20-13;/h1-7,16-18H;. The fraction of sp³-hybridized carbons (Fsp3) is 0. The smallest absolute Gasteiger partial charge is 0.197 e. The molecule has 1 aromatic heterocycles. The van der Waals surface area contributed by atoms with Crippen LogP contribution in [-0.2, 0) is 17.1 Å². The van der Waals surface area contributed by atoms with Gasteiger partial charge in [0.25, 0.3) is 0 Å². The number of fused-ring (bicyclic) bond motifs is 1. The molecule has 3 aromatic rings. The normalized spacial score (nSPS) is 10.3. The summed E-state index contributed by atoms with van der Waals surface area (Å²) < 4.78 is 5.53. The molecule has 0 atom stereocenters. The molecule has 2 aromatic carbocycles. The molecule has 1 radical (unpaired) electrons. The summed E-state index contributed by atoms with van der Waals surface area (Å²) >= 11 is 0. The van der Waals surface area contributed by atoms with E-state index in [1.807, 2.05) is 0 Å². The van der Waals surface area contributed by atoms with E-state index in [0.29, 0.717) is 5.56 Å². The Morgan fingerprint density at radius 2 is 1.52 bits per heavy atom. The van der Waals surface area contributed by atoms with Gasteiger partial charge < -0.3 is 19.7 Å². The van der Waals surface area contributed by atoms with Crippen LogP contribution in [0.2, 0.25) is 0 Å². The Balaban J connectivity index is 0.00000161. The van der Waals surface area contributed by atoms with E-state index >= 15 is 0 Å². The van der Waals surface area contributed by atoms with Crippen LogP contribution in [0.25, 0.3) is 22.3 Å². The van der Waals surface area contributed by atoms with Crippen LogP contribution in [0.5, 0.6) is 17.2 Å². The van der Waals surface area contributed by atoms with Crippen LogP contribution in [0, 0.1) is 0 Å². The van der Waals surface area contributed by atoms with Gasteiger partial charge in [-0.2, -0.15) is 0 Å². The predicted molar refractivity (Wildman–Crippen MR) is 72.9 cm³/mol. The maximum Gasteiger partial charge on any atom is 0.197 e. The number of hydrogen-bond donors (Lipinski definition) is 3. The zero-order valence-corrected chi connectivity index (χ0v) is 11.4. The minimum absolute atomic E-state index is 0. The topological polar surface area (TPSA) is 90.9 Å². The molecule has 0 unspecified atom stereocenters. The van der Waals surface area contributed by atoms with Gasteiger partial charge in [-0.3, -0.25) is 4.79 Å². The monoisotopic (exact) mass is 333 g/mol. The maximum atomic E-state index is 12.0. The number of hydrogen-bond acceptors (Lipinski definition) is 5. The van der Waals surface area contributed by atoms with Crippen molar-refractivity contribution < 1.29 is 36.8 Å². The Bertz CT molecular complexity index is 852. The van der Waals surface area contributed by atoms with Crippen molar-refractivity contribution in [1.82, 2.24) is 0 Å². The third-order valence-corrected chi connectivity index (χ3v) is 2.95. The van der Waals surface area contributed by atoms with Gasteiger partial charge in [0.05, 0.1) is 0 Å². The third kappa shape index (κ3) is 2.72. The van der Waals surface area contributed by atoms with Gasteiger partial charge in [0.1, 0.15) is 34.0 Å². The Morgan fingerprint density at radius 3 is 2.19 bits per heavy atom. The van der Waals surface area contributed by atoms with E-state index < -0.39 is 5.43 Å². The molecule has 0 saturated heterocycles. The van der Waals surface area contributed by atoms with Crippen LogP contribution in [-0.4, -0.2) is 15.3 Å². The molecule has 21 heavy (non-hydrogen) atoms. The van der Waals surface area contributed by atoms with Crippen molar-refractivity contribution >= 4 is 11.0 Å². The van der Waals surface area contributed by atoms with Crippen molar-refractivity contribution in [2.24, 2.45) is 0 Å². The van der Waals surface area contributed by atoms with Crippen LogP contribution in [0.3, 0.4) is 0 Å². The second-order valence-electron chi connectivity index (χ2n) is 4.36. The van der Waals surface area contributed by atoms with E-state index in [2.05, 4.69) is 0 Å². The van der Waals surface area contributed by atoms with Gasteiger partial charge in [0.15, 0.2) is 5.43 Å². The first-order chi connectivity index (χ1) is 9.54. The molecule has 0 aliphatic carbocycles. The summed E-state index contributed by atoms with van der Waals surface area (Å²) in [5, 5.41) is 28.4. The molecule has 3 rings (SSSR count). The summed E-state index contributed by atoms with van der Waals surface area (Å²) in [5.41, 5.74) is 0.287. The molecule has 0 spiro atoms. The van der Waals surface area contributed by atoms with Gasteiger partial charge in [-0.05, 0) is 24.3 Å². The first-order valence-corrected chi connectivity index (χ1v) is 5.84. The maximum absolute atomic E-state index is 12.0. The first kappa shape index (κ1) is 15.0. The molecule has 0 amide bonds. The van der Waals surface area contributed by atoms with Crippen molar-refractivity contribution in [2.75, 3.05) is 0 Å². The van der Waals surface area contributed by atoms with Gasteiger partial charge in [0, 0.05) is 40.8 Å². The largest absolute Gasteiger partial charge is 0.508 e. The quantitative estimate of drug-likeness (QED) is 0.595. The SMILES string of the molecule is O=c1cc(-c2ccc(O)cc2)oc2cc(O)cc(O)c12.[Cu]. The van der Waals surface area contributed by atoms with Crippen LogP contribution in [0.1, 0.15) is 0 Å². The third-order valence-electron chi connectivity index (χ3n) is 2.95. The number of rotatable bonds is 1. The van der Waals surface area contributed by atoms with Crippen LogP contribution < -0.4 is 5.43 Å². The molecular weight excluding hydrogens is 324 g/mol. The van der Waals surface area contributed by atoms with Crippen molar-refractivity contribution in [3.63, 3.8) is 0 Å². The molecule has 3 N–H and O–H groups in total. The fourth-order valence-electron chi connectivity index (χ4n) is 2.02. The summed E-state index contributed by atoms with van der Waals surface area (Å²) in [7, 11) is 0. The Hall–Kier alpha value is -2.43. The molecular formula is C15H10CuO5. The van der Waals surface area contributed by atoms with Gasteiger partial charge >= 0.3 is 0 Å². The summed E-state index contributed by atoms with van der Waals surface area (Å²) in [5.74, 6) is -0.133. The van der Waals surface area contributed by atoms with E-state index in [9.17, 15) is 20.1 Å². The molecule has 5 nitrogen and oxygen atoms in total. The average molecular weight is 334 g/mol. The Labute approximate surface area is 129 Å². The first-order valence-electron chi connectivity index (χ1n) is 5.84. The number of benzene rings is 2. The minimum Gasteiger partial charge on any atom is -0.508 e. The van der Waals surface area contributed by atoms with Crippen LogP contribution >= 0.6 is 0 Å². The molecule has 6 heteroatoms. The van der Waals surface area contributed by atoms with Crippen molar-refractivity contribution in [3.05, 3.63) is 52.7 Å². The molecule has 1 heterocycles. The second-order valence-corrected chi connectivity index (χ2v) is 4.36. The summed E-state index contributed by atoms with van der Waals surface area (Å²) in [4.78, 5) is 12.0. The van der Waals surface area contributed by atoms with Gasteiger partial charge in [-0.1, -0.05) is 0 Å². The van der Waals surface area contributed by atoms with E-state index in [-0.39, 0.29) is 51.0 Å². The fourth-order valence-corrected chi connectivity index (χ4v) is 2.02. The minimum atomic E-state index is -0.410. The zero-order valence-electron chi connectivity index (χ0n) is 10.5. The predicted octanol–water partition coefficient (Wildman–Crippen LogP) is 2.57. The summed E-state index contributed by atoms with van der Waals surface area (Å²) in [6.45, 7) is 0. The molecule has 0 aliphatic heterocycles. The molecule has 0 fully saturated rings. The number of phenols is 3. The van der Waals surface area contributed by atoms with Crippen molar-refractivity contribution in [3.8, 4) is 28.6 Å².